The lowest BCUT2D eigenvalue weighted by atomic mass is 9.91. The van der Waals surface area contributed by atoms with Crippen LogP contribution < -0.4 is 4.90 Å². The minimum atomic E-state index is -5.08. The van der Waals surface area contributed by atoms with Gasteiger partial charge in [0.15, 0.2) is 0 Å². The van der Waals surface area contributed by atoms with Crippen LogP contribution in [0.2, 0.25) is 5.02 Å². The van der Waals surface area contributed by atoms with E-state index < -0.39 is 12.1 Å². The van der Waals surface area contributed by atoms with Crippen LogP contribution >= 0.6 is 11.6 Å². The summed E-state index contributed by atoms with van der Waals surface area (Å²) in [5.74, 6) is -0.955. The topological polar surface area (TPSA) is 69.1 Å². The number of pyridine rings is 1. The monoisotopic (exact) mass is 598 g/mol. The van der Waals surface area contributed by atoms with E-state index in [1.807, 2.05) is 31.5 Å². The molecule has 1 aromatic heterocycles. The van der Waals surface area contributed by atoms with Crippen LogP contribution in [-0.4, -0.2) is 96.6 Å². The molecule has 2 saturated heterocycles. The average molecular weight is 599 g/mol. The molecule has 2 atom stereocenters. The number of methoxy groups -OCH3 is 1. The number of piperidine rings is 1. The third-order valence-corrected chi connectivity index (χ3v) is 7.96. The Balaban J connectivity index is 0.000000587. The highest BCUT2D eigenvalue weighted by Crippen LogP contribution is 2.29. The van der Waals surface area contributed by atoms with Gasteiger partial charge < -0.3 is 14.7 Å². The SMILES string of the molecule is COCCN1C[C@H](Cc2ccc(Cl)cc2)N(C2CCN(c3ccccn3)CC2)C[C@@H]1CC(C)C.O=C(O)C(F)(F)F. The normalized spacial score (nSPS) is 21.0. The highest BCUT2D eigenvalue weighted by atomic mass is 35.5. The summed E-state index contributed by atoms with van der Waals surface area (Å²) in [6.45, 7) is 10.9. The second-order valence-corrected chi connectivity index (χ2v) is 11.6. The van der Waals surface area contributed by atoms with Crippen molar-refractivity contribution >= 4 is 23.4 Å². The maximum atomic E-state index is 10.6. The number of hydrogen-bond acceptors (Lipinski definition) is 6. The molecule has 7 nitrogen and oxygen atoms in total. The predicted molar refractivity (Wildman–Crippen MR) is 156 cm³/mol. The van der Waals surface area contributed by atoms with Gasteiger partial charge in [-0.15, -0.1) is 0 Å². The first-order valence-corrected chi connectivity index (χ1v) is 14.5. The maximum absolute atomic E-state index is 10.6. The van der Waals surface area contributed by atoms with Crippen molar-refractivity contribution in [3.8, 4) is 0 Å². The molecule has 0 bridgehead atoms. The van der Waals surface area contributed by atoms with Crippen molar-refractivity contribution in [1.82, 2.24) is 14.8 Å². The molecule has 1 aromatic carbocycles. The summed E-state index contributed by atoms with van der Waals surface area (Å²) < 4.78 is 37.2. The third kappa shape index (κ3) is 10.4. The number of carboxylic acids is 1. The lowest BCUT2D eigenvalue weighted by Gasteiger charge is -2.51. The van der Waals surface area contributed by atoms with Gasteiger partial charge in [0.25, 0.3) is 0 Å². The molecule has 11 heteroatoms. The van der Waals surface area contributed by atoms with Gasteiger partial charge >= 0.3 is 12.1 Å². The molecule has 0 radical (unpaired) electrons. The lowest BCUT2D eigenvalue weighted by molar-refractivity contribution is -0.192. The Morgan fingerprint density at radius 3 is 2.29 bits per heavy atom. The molecule has 0 saturated carbocycles. The molecule has 1 N–H and O–H groups in total. The van der Waals surface area contributed by atoms with E-state index in [2.05, 4.69) is 57.8 Å². The van der Waals surface area contributed by atoms with Gasteiger partial charge in [0, 0.05) is 69.2 Å². The molecular formula is C30H42ClF3N4O3. The summed E-state index contributed by atoms with van der Waals surface area (Å²) in [6.07, 6.45) is 1.51. The number of aliphatic carboxylic acids is 1. The van der Waals surface area contributed by atoms with E-state index in [1.54, 1.807) is 0 Å². The second-order valence-electron chi connectivity index (χ2n) is 11.2. The number of aromatic nitrogens is 1. The third-order valence-electron chi connectivity index (χ3n) is 7.71. The largest absolute Gasteiger partial charge is 0.490 e. The van der Waals surface area contributed by atoms with Crippen LogP contribution in [0.1, 0.15) is 38.7 Å². The number of anilines is 1. The smallest absolute Gasteiger partial charge is 0.475 e. The van der Waals surface area contributed by atoms with Gasteiger partial charge in [0.05, 0.1) is 6.61 Å². The predicted octanol–water partition coefficient (Wildman–Crippen LogP) is 5.63. The molecule has 2 aromatic rings. The molecule has 3 heterocycles. The highest BCUT2D eigenvalue weighted by Gasteiger charge is 2.39. The minimum absolute atomic E-state index is 0.507. The first-order valence-electron chi connectivity index (χ1n) is 14.2. The zero-order chi connectivity index (χ0) is 30.0. The number of ether oxygens (including phenoxy) is 1. The van der Waals surface area contributed by atoms with Crippen LogP contribution in [0, 0.1) is 5.92 Å². The van der Waals surface area contributed by atoms with E-state index in [0.717, 1.165) is 56.6 Å². The van der Waals surface area contributed by atoms with E-state index in [0.29, 0.717) is 24.0 Å². The van der Waals surface area contributed by atoms with Crippen molar-refractivity contribution in [2.24, 2.45) is 5.92 Å². The second kappa shape index (κ2) is 15.7. The fourth-order valence-corrected chi connectivity index (χ4v) is 5.90. The van der Waals surface area contributed by atoms with Crippen molar-refractivity contribution < 1.29 is 27.8 Å². The van der Waals surface area contributed by atoms with Crippen molar-refractivity contribution in [3.05, 3.63) is 59.2 Å². The van der Waals surface area contributed by atoms with Gasteiger partial charge in [-0.2, -0.15) is 13.2 Å². The summed E-state index contributed by atoms with van der Waals surface area (Å²) in [6, 6.07) is 16.4. The number of piperazine rings is 1. The summed E-state index contributed by atoms with van der Waals surface area (Å²) in [5.41, 5.74) is 1.37. The number of carbonyl (C=O) groups is 1. The lowest BCUT2D eigenvalue weighted by Crippen LogP contribution is -2.63. The molecule has 41 heavy (non-hydrogen) atoms. The zero-order valence-electron chi connectivity index (χ0n) is 24.1. The Morgan fingerprint density at radius 1 is 1.10 bits per heavy atom. The molecule has 0 aliphatic carbocycles. The number of rotatable bonds is 9. The van der Waals surface area contributed by atoms with Crippen LogP contribution in [-0.2, 0) is 16.0 Å². The summed E-state index contributed by atoms with van der Waals surface area (Å²) >= 11 is 6.17. The number of benzene rings is 1. The molecule has 0 amide bonds. The van der Waals surface area contributed by atoms with Gasteiger partial charge in [0.2, 0.25) is 0 Å². The zero-order valence-corrected chi connectivity index (χ0v) is 24.8. The average Bonchev–Trinajstić information content (AvgIpc) is 2.94. The maximum Gasteiger partial charge on any atom is 0.490 e. The molecule has 0 spiro atoms. The van der Waals surface area contributed by atoms with Crippen LogP contribution in [0.15, 0.2) is 48.7 Å². The minimum Gasteiger partial charge on any atom is -0.475 e. The van der Waals surface area contributed by atoms with Gasteiger partial charge in [-0.3, -0.25) is 9.80 Å². The highest BCUT2D eigenvalue weighted by molar-refractivity contribution is 6.30. The molecular weight excluding hydrogens is 557 g/mol. The van der Waals surface area contributed by atoms with Crippen LogP contribution in [0.25, 0.3) is 0 Å². The van der Waals surface area contributed by atoms with Crippen molar-refractivity contribution in [3.63, 3.8) is 0 Å². The van der Waals surface area contributed by atoms with E-state index in [4.69, 9.17) is 26.2 Å². The fraction of sp³-hybridized carbons (Fsp3) is 0.600. The van der Waals surface area contributed by atoms with Crippen molar-refractivity contribution in [2.45, 2.75) is 63.8 Å². The Kier molecular flexibility index (Phi) is 12.7. The number of carboxylic acid groups (broad SMARTS) is 1. The molecule has 2 fully saturated rings. The molecule has 0 unspecified atom stereocenters. The fourth-order valence-electron chi connectivity index (χ4n) is 5.77. The Morgan fingerprint density at radius 2 is 1.76 bits per heavy atom. The molecule has 2 aliphatic rings. The molecule has 4 rings (SSSR count). The van der Waals surface area contributed by atoms with Crippen LogP contribution in [0.4, 0.5) is 19.0 Å². The van der Waals surface area contributed by atoms with Gasteiger partial charge in [0.1, 0.15) is 5.82 Å². The van der Waals surface area contributed by atoms with E-state index in [-0.39, 0.29) is 0 Å². The number of hydrogen-bond donors (Lipinski definition) is 1. The first-order chi connectivity index (χ1) is 19.5. The standard InChI is InChI=1S/C28H41ClN4O.C2HF3O2/c1-22(2)18-26-21-33(25-11-14-31(15-12-25)28-6-4-5-13-30-28)27(20-32(26)16-17-34-3)19-23-7-9-24(29)10-8-23;3-2(4,5)1(6)7/h4-10,13,22,25-27H,11-12,14-21H2,1-3H3;(H,6,7)/t26-,27-;/m0./s1. The Labute approximate surface area is 246 Å². The van der Waals surface area contributed by atoms with Crippen molar-refractivity contribution in [2.75, 3.05) is 51.3 Å². The number of nitrogens with zero attached hydrogens (tertiary/aromatic N) is 4. The number of alkyl halides is 3. The van der Waals surface area contributed by atoms with Gasteiger partial charge in [-0.1, -0.05) is 43.6 Å². The summed E-state index contributed by atoms with van der Waals surface area (Å²) in [4.78, 5) is 21.5. The Bertz CT molecular complexity index is 1050. The van der Waals surface area contributed by atoms with Gasteiger partial charge in [-0.25, -0.2) is 9.78 Å². The van der Waals surface area contributed by atoms with E-state index in [1.165, 1.54) is 24.8 Å². The van der Waals surface area contributed by atoms with E-state index >= 15 is 0 Å². The van der Waals surface area contributed by atoms with Crippen molar-refractivity contribution in [1.29, 1.82) is 0 Å². The summed E-state index contributed by atoms with van der Waals surface area (Å²) in [7, 11) is 1.81. The quantitative estimate of drug-likeness (QED) is 0.401. The van der Waals surface area contributed by atoms with Gasteiger partial charge in [-0.05, 0) is 61.4 Å². The number of halogens is 4. The van der Waals surface area contributed by atoms with Crippen LogP contribution in [0.5, 0.6) is 0 Å². The molecule has 2 aliphatic heterocycles. The first kappa shape index (κ1) is 33.1. The molecule has 228 valence electrons. The Hall–Kier alpha value is -2.40. The van der Waals surface area contributed by atoms with E-state index in [9.17, 15) is 13.2 Å². The summed E-state index contributed by atoms with van der Waals surface area (Å²) in [5, 5.41) is 7.94. The van der Waals surface area contributed by atoms with Crippen LogP contribution in [0.3, 0.4) is 0 Å².